The second-order valence-electron chi connectivity index (χ2n) is 9.44. The molecule has 9 nitrogen and oxygen atoms in total. The molecule has 31 heavy (non-hydrogen) atoms. The zero-order valence-electron chi connectivity index (χ0n) is 19.1. The van der Waals surface area contributed by atoms with Gasteiger partial charge in [0.05, 0.1) is 6.33 Å². The molecular formula is C21H37BN6O3. The van der Waals surface area contributed by atoms with E-state index in [9.17, 15) is 14.6 Å². The predicted molar refractivity (Wildman–Crippen MR) is 120 cm³/mol. The zero-order valence-corrected chi connectivity index (χ0v) is 19.1. The molecule has 0 spiro atoms. The maximum atomic E-state index is 13.1. The van der Waals surface area contributed by atoms with Gasteiger partial charge in [-0.2, -0.15) is 0 Å². The molecule has 1 atom stereocenters. The lowest BCUT2D eigenvalue weighted by Crippen LogP contribution is -2.65. The zero-order chi connectivity index (χ0) is 22.4. The van der Waals surface area contributed by atoms with E-state index in [-0.39, 0.29) is 23.5 Å². The molecule has 1 aliphatic carbocycles. The number of nitrogens with zero attached hydrogens (tertiary/aromatic N) is 4. The van der Waals surface area contributed by atoms with Crippen LogP contribution in [0, 0.1) is 0 Å². The Kier molecular flexibility index (Phi) is 7.99. The van der Waals surface area contributed by atoms with Crippen molar-refractivity contribution in [2.45, 2.75) is 76.8 Å². The number of aromatic nitrogens is 2. The van der Waals surface area contributed by atoms with Gasteiger partial charge < -0.3 is 29.9 Å². The largest absolute Gasteiger partial charge is 0.437 e. The second kappa shape index (κ2) is 10.5. The molecule has 3 rings (SSSR count). The van der Waals surface area contributed by atoms with Crippen LogP contribution in [0.3, 0.4) is 0 Å². The van der Waals surface area contributed by atoms with Crippen molar-refractivity contribution in [1.82, 2.24) is 29.9 Å². The molecule has 2 aliphatic rings. The van der Waals surface area contributed by atoms with Crippen LogP contribution in [0.2, 0.25) is 6.82 Å². The highest BCUT2D eigenvalue weighted by molar-refractivity contribution is 6.45. The minimum atomic E-state index is -0.654. The van der Waals surface area contributed by atoms with Gasteiger partial charge in [0.15, 0.2) is 0 Å². The first-order valence-electron chi connectivity index (χ1n) is 11.5. The number of urea groups is 1. The van der Waals surface area contributed by atoms with E-state index in [1.165, 1.54) is 6.42 Å². The molecule has 0 aromatic carbocycles. The average molecular weight is 432 g/mol. The number of piperazine rings is 1. The van der Waals surface area contributed by atoms with Crippen LogP contribution in [0.25, 0.3) is 0 Å². The van der Waals surface area contributed by atoms with Crippen molar-refractivity contribution in [3.8, 4) is 0 Å². The summed E-state index contributed by atoms with van der Waals surface area (Å²) in [5.41, 5.74) is -0.181. The lowest BCUT2D eigenvalue weighted by molar-refractivity contribution is -0.126. The number of hydrogen-bond acceptors (Lipinski definition) is 5. The maximum absolute atomic E-state index is 13.1. The van der Waals surface area contributed by atoms with Crippen molar-refractivity contribution in [3.63, 3.8) is 0 Å². The SMILES string of the molecule is CB(O)N1CCN(C(=O)NC2CCCCC2)C(C(=O)NCCC(C)(C)n2ccnc2)C1. The lowest BCUT2D eigenvalue weighted by Gasteiger charge is -2.41. The van der Waals surface area contributed by atoms with Crippen molar-refractivity contribution < 1.29 is 14.6 Å². The van der Waals surface area contributed by atoms with Crippen LogP contribution in [-0.2, 0) is 10.3 Å². The summed E-state index contributed by atoms with van der Waals surface area (Å²) in [6.07, 6.45) is 11.7. The van der Waals surface area contributed by atoms with Gasteiger partial charge in [-0.05, 0) is 39.9 Å². The molecule has 1 aromatic rings. The Morgan fingerprint density at radius 3 is 2.61 bits per heavy atom. The number of carbonyl (C=O) groups is 2. The van der Waals surface area contributed by atoms with E-state index in [2.05, 4.69) is 29.5 Å². The van der Waals surface area contributed by atoms with Gasteiger partial charge in [0.2, 0.25) is 5.91 Å². The van der Waals surface area contributed by atoms with E-state index in [1.54, 1.807) is 24.2 Å². The molecule has 1 aliphatic heterocycles. The fourth-order valence-electron chi connectivity index (χ4n) is 4.47. The van der Waals surface area contributed by atoms with Gasteiger partial charge in [0.1, 0.15) is 6.04 Å². The van der Waals surface area contributed by atoms with Crippen LogP contribution in [0.1, 0.15) is 52.4 Å². The van der Waals surface area contributed by atoms with Crippen molar-refractivity contribution in [3.05, 3.63) is 18.7 Å². The highest BCUT2D eigenvalue weighted by Gasteiger charge is 2.38. The van der Waals surface area contributed by atoms with Gasteiger partial charge in [-0.15, -0.1) is 0 Å². The molecule has 1 unspecified atom stereocenters. The van der Waals surface area contributed by atoms with E-state index in [0.717, 1.165) is 32.1 Å². The molecule has 2 fully saturated rings. The summed E-state index contributed by atoms with van der Waals surface area (Å²) < 4.78 is 2.03. The third kappa shape index (κ3) is 6.23. The molecule has 172 valence electrons. The van der Waals surface area contributed by atoms with E-state index in [0.29, 0.717) is 26.2 Å². The number of rotatable bonds is 7. The lowest BCUT2D eigenvalue weighted by atomic mass is 9.83. The van der Waals surface area contributed by atoms with E-state index < -0.39 is 13.1 Å². The van der Waals surface area contributed by atoms with Crippen LogP contribution in [0.15, 0.2) is 18.7 Å². The van der Waals surface area contributed by atoms with E-state index in [4.69, 9.17) is 0 Å². The van der Waals surface area contributed by atoms with Gasteiger partial charge in [-0.25, -0.2) is 9.78 Å². The minimum absolute atomic E-state index is 0.170. The standard InChI is InChI=1S/C21H37BN6O3/c1-21(2,26-12-11-23-16-26)9-10-24-19(29)18-15-27(22(3)31)13-14-28(18)20(30)25-17-7-5-4-6-8-17/h11-12,16-18,31H,4-10,13-15H2,1-3H3,(H,24,29)(H,25,30). The van der Waals surface area contributed by atoms with Gasteiger partial charge in [0.25, 0.3) is 0 Å². The Morgan fingerprint density at radius 1 is 1.23 bits per heavy atom. The highest BCUT2D eigenvalue weighted by Crippen LogP contribution is 2.20. The van der Waals surface area contributed by atoms with Gasteiger partial charge in [-0.1, -0.05) is 19.3 Å². The van der Waals surface area contributed by atoms with Crippen molar-refractivity contribution in [1.29, 1.82) is 0 Å². The van der Waals surface area contributed by atoms with Gasteiger partial charge in [-0.3, -0.25) is 4.79 Å². The third-order valence-electron chi connectivity index (χ3n) is 6.68. The first kappa shape index (κ1) is 23.6. The van der Waals surface area contributed by atoms with Crippen LogP contribution >= 0.6 is 0 Å². The molecule has 3 amide bonds. The summed E-state index contributed by atoms with van der Waals surface area (Å²) in [6, 6.07) is -0.602. The third-order valence-corrected chi connectivity index (χ3v) is 6.68. The molecule has 0 radical (unpaired) electrons. The number of nitrogens with one attached hydrogen (secondary N) is 2. The van der Waals surface area contributed by atoms with Crippen LogP contribution in [0.4, 0.5) is 4.79 Å². The summed E-state index contributed by atoms with van der Waals surface area (Å²) in [4.78, 5) is 33.7. The normalized spacial score (nSPS) is 21.0. The predicted octanol–water partition coefficient (Wildman–Crippen LogP) is 1.26. The Labute approximate surface area is 185 Å². The fourth-order valence-corrected chi connectivity index (χ4v) is 4.47. The second-order valence-corrected chi connectivity index (χ2v) is 9.44. The van der Waals surface area contributed by atoms with Gasteiger partial charge >= 0.3 is 13.1 Å². The molecule has 1 aromatic heterocycles. The number of hydrogen-bond donors (Lipinski definition) is 3. The summed E-state index contributed by atoms with van der Waals surface area (Å²) >= 11 is 0. The molecule has 1 saturated carbocycles. The van der Waals surface area contributed by atoms with E-state index in [1.807, 2.05) is 15.6 Å². The topological polar surface area (TPSA) is 103 Å². The highest BCUT2D eigenvalue weighted by atomic mass is 16.2. The van der Waals surface area contributed by atoms with Crippen molar-refractivity contribution >= 4 is 19.0 Å². The minimum Gasteiger partial charge on any atom is -0.437 e. The summed E-state index contributed by atoms with van der Waals surface area (Å²) in [5.74, 6) is -0.175. The molecule has 1 saturated heterocycles. The molecule has 3 N–H and O–H groups in total. The van der Waals surface area contributed by atoms with Crippen LogP contribution < -0.4 is 10.6 Å². The van der Waals surface area contributed by atoms with Crippen LogP contribution in [0.5, 0.6) is 0 Å². The summed E-state index contributed by atoms with van der Waals surface area (Å²) in [7, 11) is -0.654. The monoisotopic (exact) mass is 432 g/mol. The molecule has 2 heterocycles. The summed E-state index contributed by atoms with van der Waals surface area (Å²) in [5, 5.41) is 16.2. The van der Waals surface area contributed by atoms with Gasteiger partial charge in [0, 0.05) is 50.2 Å². The Balaban J connectivity index is 1.59. The molecule has 0 bridgehead atoms. The quantitative estimate of drug-likeness (QED) is 0.563. The first-order valence-corrected chi connectivity index (χ1v) is 11.5. The Hall–Kier alpha value is -2.07. The van der Waals surface area contributed by atoms with Crippen LogP contribution in [-0.4, -0.2) is 81.5 Å². The first-order chi connectivity index (χ1) is 14.8. The smallest absolute Gasteiger partial charge is 0.376 e. The number of amides is 3. The Bertz CT molecular complexity index is 721. The van der Waals surface area contributed by atoms with E-state index >= 15 is 0 Å². The number of carbonyl (C=O) groups excluding carboxylic acids is 2. The average Bonchev–Trinajstić information content (AvgIpc) is 3.30. The van der Waals surface area contributed by atoms with Crippen molar-refractivity contribution in [2.24, 2.45) is 0 Å². The van der Waals surface area contributed by atoms with Crippen molar-refractivity contribution in [2.75, 3.05) is 26.2 Å². The maximum Gasteiger partial charge on any atom is 0.376 e. The summed E-state index contributed by atoms with van der Waals surface area (Å²) in [6.45, 7) is 7.68. The molecular weight excluding hydrogens is 395 g/mol. The molecule has 10 heteroatoms. The Morgan fingerprint density at radius 2 is 1.97 bits per heavy atom. The number of imidazole rings is 1. The fraction of sp³-hybridized carbons (Fsp3) is 0.762.